The zero-order valence-corrected chi connectivity index (χ0v) is 23.1. The summed E-state index contributed by atoms with van der Waals surface area (Å²) in [5.74, 6) is -0.0720. The van der Waals surface area contributed by atoms with Crippen LogP contribution in [0.4, 0.5) is 0 Å². The molecule has 0 atom stereocenters. The highest BCUT2D eigenvalue weighted by atomic mass is 32.2. The fourth-order valence-electron chi connectivity index (χ4n) is 4.42. The van der Waals surface area contributed by atoms with Crippen LogP contribution in [0.2, 0.25) is 0 Å². The number of rotatable bonds is 10. The molecular weight excluding hydrogens is 522 g/mol. The molecule has 10 heteroatoms. The van der Waals surface area contributed by atoms with Crippen molar-refractivity contribution in [2.45, 2.75) is 38.8 Å². The Morgan fingerprint density at radius 2 is 1.66 bits per heavy atom. The topological polar surface area (TPSA) is 96.9 Å². The maximum Gasteiger partial charge on any atom is 0.243 e. The van der Waals surface area contributed by atoms with Crippen molar-refractivity contribution in [2.24, 2.45) is 5.92 Å². The molecule has 0 aliphatic rings. The third kappa shape index (κ3) is 5.67. The highest BCUT2D eigenvalue weighted by Gasteiger charge is 2.30. The van der Waals surface area contributed by atoms with Crippen molar-refractivity contribution in [3.8, 4) is 0 Å². The van der Waals surface area contributed by atoms with Gasteiger partial charge in [0.25, 0.3) is 0 Å². The molecule has 38 heavy (non-hydrogen) atoms. The van der Waals surface area contributed by atoms with Gasteiger partial charge in [-0.05, 0) is 60.9 Å². The molecule has 5 aromatic rings. The van der Waals surface area contributed by atoms with E-state index in [4.69, 9.17) is 8.83 Å². The molecule has 0 N–H and O–H groups in total. The monoisotopic (exact) mass is 551 g/mol. The van der Waals surface area contributed by atoms with Crippen LogP contribution in [0.1, 0.15) is 30.1 Å². The molecule has 0 aliphatic carbocycles. The third-order valence-corrected chi connectivity index (χ3v) is 8.82. The van der Waals surface area contributed by atoms with Crippen LogP contribution in [-0.4, -0.2) is 41.6 Å². The molecule has 3 heterocycles. The minimum Gasteiger partial charge on any atom is -0.464 e. The summed E-state index contributed by atoms with van der Waals surface area (Å²) in [4.78, 5) is 20.0. The number of benzene rings is 2. The van der Waals surface area contributed by atoms with E-state index in [0.717, 1.165) is 21.5 Å². The first-order valence-electron chi connectivity index (χ1n) is 12.3. The molecule has 0 radical (unpaired) electrons. The number of amides is 1. The Kier molecular flexibility index (Phi) is 7.38. The fourth-order valence-corrected chi connectivity index (χ4v) is 6.42. The Labute approximate surface area is 225 Å². The van der Waals surface area contributed by atoms with Gasteiger partial charge in [0.2, 0.25) is 15.9 Å². The summed E-state index contributed by atoms with van der Waals surface area (Å²) >= 11 is 1.44. The molecule has 198 valence electrons. The van der Waals surface area contributed by atoms with E-state index < -0.39 is 10.0 Å². The predicted molar refractivity (Wildman–Crippen MR) is 147 cm³/mol. The van der Waals surface area contributed by atoms with Gasteiger partial charge in [-0.2, -0.15) is 4.31 Å². The molecule has 0 unspecified atom stereocenters. The van der Waals surface area contributed by atoms with Gasteiger partial charge < -0.3 is 13.7 Å². The van der Waals surface area contributed by atoms with Crippen LogP contribution in [0, 0.1) is 12.8 Å². The summed E-state index contributed by atoms with van der Waals surface area (Å²) in [7, 11) is -4.01. The van der Waals surface area contributed by atoms with Gasteiger partial charge in [-0.1, -0.05) is 19.9 Å². The predicted octanol–water partition coefficient (Wildman–Crippen LogP) is 5.82. The third-order valence-electron chi connectivity index (χ3n) is 6.21. The second-order valence-corrected chi connectivity index (χ2v) is 12.7. The SMILES string of the molecule is Cc1nc(CN(CC(=O)N(Cc2ccc3occc3c2)CC(C)C)S(=O)(=O)c2ccc3occc3c2)cs1. The van der Waals surface area contributed by atoms with Gasteiger partial charge >= 0.3 is 0 Å². The number of aryl methyl sites for hydroxylation is 1. The number of nitrogens with zero attached hydrogens (tertiary/aromatic N) is 3. The zero-order valence-electron chi connectivity index (χ0n) is 21.5. The Morgan fingerprint density at radius 3 is 2.32 bits per heavy atom. The van der Waals surface area contributed by atoms with Gasteiger partial charge in [0.1, 0.15) is 11.2 Å². The largest absolute Gasteiger partial charge is 0.464 e. The van der Waals surface area contributed by atoms with E-state index in [1.165, 1.54) is 28.0 Å². The zero-order chi connectivity index (χ0) is 26.9. The molecule has 0 fully saturated rings. The van der Waals surface area contributed by atoms with Gasteiger partial charge in [-0.15, -0.1) is 11.3 Å². The Hall–Kier alpha value is -3.47. The van der Waals surface area contributed by atoms with Crippen molar-refractivity contribution >= 4 is 49.2 Å². The van der Waals surface area contributed by atoms with E-state index in [1.807, 2.05) is 50.4 Å². The minimum atomic E-state index is -4.01. The summed E-state index contributed by atoms with van der Waals surface area (Å²) in [6, 6.07) is 14.1. The second-order valence-electron chi connectivity index (χ2n) is 9.71. The molecule has 0 spiro atoms. The average Bonchev–Trinajstić information content (AvgIpc) is 3.63. The fraction of sp³-hybridized carbons (Fsp3) is 0.286. The van der Waals surface area contributed by atoms with E-state index in [2.05, 4.69) is 4.98 Å². The van der Waals surface area contributed by atoms with Crippen LogP contribution in [0.25, 0.3) is 21.9 Å². The normalized spacial score (nSPS) is 12.2. The van der Waals surface area contributed by atoms with Crippen LogP contribution >= 0.6 is 11.3 Å². The number of fused-ring (bicyclic) bond motifs is 2. The van der Waals surface area contributed by atoms with Crippen molar-refractivity contribution in [1.29, 1.82) is 0 Å². The molecule has 2 aromatic carbocycles. The highest BCUT2D eigenvalue weighted by molar-refractivity contribution is 7.89. The number of hydrogen-bond donors (Lipinski definition) is 0. The lowest BCUT2D eigenvalue weighted by Gasteiger charge is -2.28. The van der Waals surface area contributed by atoms with Crippen molar-refractivity contribution in [3.63, 3.8) is 0 Å². The van der Waals surface area contributed by atoms with Crippen LogP contribution < -0.4 is 0 Å². The van der Waals surface area contributed by atoms with Gasteiger partial charge in [0, 0.05) is 29.2 Å². The van der Waals surface area contributed by atoms with E-state index in [9.17, 15) is 13.2 Å². The molecule has 8 nitrogen and oxygen atoms in total. The first-order valence-corrected chi connectivity index (χ1v) is 14.6. The number of hydrogen-bond acceptors (Lipinski definition) is 7. The Morgan fingerprint density at radius 1 is 0.974 bits per heavy atom. The number of carbonyl (C=O) groups is 1. The van der Waals surface area contributed by atoms with Gasteiger partial charge in [-0.25, -0.2) is 13.4 Å². The standard InChI is InChI=1S/C28H29N3O5S2/c1-19(2)14-30(15-21-4-6-26-22(12-21)8-10-35-26)28(32)17-31(16-24-18-37-20(3)29-24)38(33,34)25-5-7-27-23(13-25)9-11-36-27/h4-13,18-19H,14-17H2,1-3H3. The summed E-state index contributed by atoms with van der Waals surface area (Å²) in [5, 5.41) is 4.29. The van der Waals surface area contributed by atoms with Crippen LogP contribution in [0.3, 0.4) is 0 Å². The number of furan rings is 2. The lowest BCUT2D eigenvalue weighted by molar-refractivity contribution is -0.132. The maximum atomic E-state index is 13.9. The Balaban J connectivity index is 1.44. The molecular formula is C28H29N3O5S2. The first kappa shape index (κ1) is 26.1. The van der Waals surface area contributed by atoms with Crippen LogP contribution in [-0.2, 0) is 27.9 Å². The summed E-state index contributed by atoms with van der Waals surface area (Å²) in [6.45, 7) is 6.49. The van der Waals surface area contributed by atoms with Crippen LogP contribution in [0.15, 0.2) is 80.2 Å². The quantitative estimate of drug-likeness (QED) is 0.217. The lowest BCUT2D eigenvalue weighted by atomic mass is 10.1. The van der Waals surface area contributed by atoms with Crippen molar-refractivity contribution in [1.82, 2.24) is 14.2 Å². The van der Waals surface area contributed by atoms with Crippen molar-refractivity contribution in [2.75, 3.05) is 13.1 Å². The lowest BCUT2D eigenvalue weighted by Crippen LogP contribution is -2.43. The van der Waals surface area contributed by atoms with E-state index in [0.29, 0.717) is 29.8 Å². The van der Waals surface area contributed by atoms with Crippen molar-refractivity contribution < 1.29 is 22.0 Å². The van der Waals surface area contributed by atoms with Crippen LogP contribution in [0.5, 0.6) is 0 Å². The molecule has 0 bridgehead atoms. The molecule has 0 saturated carbocycles. The minimum absolute atomic E-state index is 0.00165. The maximum absolute atomic E-state index is 13.9. The molecule has 3 aromatic heterocycles. The second kappa shape index (κ2) is 10.7. The van der Waals surface area contributed by atoms with Crippen molar-refractivity contribution in [3.05, 3.63) is 82.7 Å². The molecule has 0 saturated heterocycles. The smallest absolute Gasteiger partial charge is 0.243 e. The highest BCUT2D eigenvalue weighted by Crippen LogP contribution is 2.25. The number of carbonyl (C=O) groups excluding carboxylic acids is 1. The first-order chi connectivity index (χ1) is 18.2. The summed E-state index contributed by atoms with van der Waals surface area (Å²) in [6.07, 6.45) is 3.15. The summed E-state index contributed by atoms with van der Waals surface area (Å²) < 4.78 is 39.7. The molecule has 0 aliphatic heterocycles. The average molecular weight is 552 g/mol. The summed E-state index contributed by atoms with van der Waals surface area (Å²) in [5.41, 5.74) is 2.93. The Bertz CT molecular complexity index is 1680. The molecule has 5 rings (SSSR count). The van der Waals surface area contributed by atoms with Gasteiger partial charge in [-0.3, -0.25) is 4.79 Å². The van der Waals surface area contributed by atoms with E-state index >= 15 is 0 Å². The number of thiazole rings is 1. The van der Waals surface area contributed by atoms with E-state index in [1.54, 1.807) is 29.4 Å². The van der Waals surface area contributed by atoms with E-state index in [-0.39, 0.29) is 29.8 Å². The molecule has 1 amide bonds. The number of aromatic nitrogens is 1. The number of sulfonamides is 1. The van der Waals surface area contributed by atoms with Gasteiger partial charge in [0.15, 0.2) is 0 Å². The van der Waals surface area contributed by atoms with Gasteiger partial charge in [0.05, 0.1) is 41.2 Å².